The average molecular weight is 332 g/mol. The Morgan fingerprint density at radius 2 is 1.28 bits per heavy atom. The van der Waals surface area contributed by atoms with Gasteiger partial charge in [0.25, 0.3) is 0 Å². The van der Waals surface area contributed by atoms with E-state index in [1.807, 2.05) is 7.05 Å². The van der Waals surface area contributed by atoms with Crippen LogP contribution in [-0.2, 0) is 6.42 Å². The summed E-state index contributed by atoms with van der Waals surface area (Å²) in [4.78, 5) is 0. The first kappa shape index (κ1) is 18.8. The van der Waals surface area contributed by atoms with Crippen molar-refractivity contribution in [2.45, 2.75) is 19.3 Å². The van der Waals surface area contributed by atoms with Gasteiger partial charge in [-0.15, -0.1) is 0 Å². The van der Waals surface area contributed by atoms with Crippen LogP contribution >= 0.6 is 0 Å². The van der Waals surface area contributed by atoms with Crippen LogP contribution in [0.5, 0.6) is 0 Å². The third-order valence-electron chi connectivity index (χ3n) is 4.36. The van der Waals surface area contributed by atoms with Crippen molar-refractivity contribution in [1.29, 1.82) is 0 Å². The van der Waals surface area contributed by atoms with Crippen molar-refractivity contribution in [2.75, 3.05) is 19.4 Å². The number of nitrogens with two attached hydrogens (primary N) is 1. The molecule has 2 heteroatoms. The Balaban J connectivity index is 0.00000109. The van der Waals surface area contributed by atoms with Gasteiger partial charge in [-0.1, -0.05) is 72.3 Å². The molecule has 0 spiro atoms. The second kappa shape index (κ2) is 9.65. The van der Waals surface area contributed by atoms with Crippen LogP contribution in [-0.4, -0.2) is 14.1 Å². The fourth-order valence-corrected chi connectivity index (χ4v) is 2.96. The van der Waals surface area contributed by atoms with Crippen LogP contribution in [0.15, 0.2) is 78.9 Å². The Hall–Kier alpha value is -2.58. The number of aryl methyl sites for hydroxylation is 1. The molecule has 3 N–H and O–H groups in total. The molecule has 0 amide bonds. The molecule has 0 aliphatic carbocycles. The van der Waals surface area contributed by atoms with Crippen molar-refractivity contribution >= 4 is 5.69 Å². The minimum absolute atomic E-state index is 0.379. The monoisotopic (exact) mass is 332 g/mol. The SMILES string of the molecule is CN.CNc1ccc(C(Cc2ccccc2)c2ccc(C)cc2)cc1. The van der Waals surface area contributed by atoms with Gasteiger partial charge in [0.1, 0.15) is 0 Å². The molecule has 2 nitrogen and oxygen atoms in total. The van der Waals surface area contributed by atoms with Crippen LogP contribution in [0.1, 0.15) is 28.2 Å². The van der Waals surface area contributed by atoms with Crippen molar-refractivity contribution in [3.8, 4) is 0 Å². The normalized spacial score (nSPS) is 11.2. The molecule has 25 heavy (non-hydrogen) atoms. The molecule has 0 saturated carbocycles. The van der Waals surface area contributed by atoms with E-state index >= 15 is 0 Å². The van der Waals surface area contributed by atoms with Crippen LogP contribution in [0.3, 0.4) is 0 Å². The minimum atomic E-state index is 0.379. The van der Waals surface area contributed by atoms with Gasteiger partial charge in [-0.3, -0.25) is 0 Å². The lowest BCUT2D eigenvalue weighted by Crippen LogP contribution is -2.05. The molecular weight excluding hydrogens is 304 g/mol. The average Bonchev–Trinajstić information content (AvgIpc) is 2.69. The summed E-state index contributed by atoms with van der Waals surface area (Å²) in [6.45, 7) is 2.14. The van der Waals surface area contributed by atoms with E-state index in [0.29, 0.717) is 5.92 Å². The maximum Gasteiger partial charge on any atom is 0.0337 e. The van der Waals surface area contributed by atoms with Crippen LogP contribution in [0.25, 0.3) is 0 Å². The topological polar surface area (TPSA) is 38.0 Å². The van der Waals surface area contributed by atoms with Crippen LogP contribution in [0.2, 0.25) is 0 Å². The van der Waals surface area contributed by atoms with E-state index < -0.39 is 0 Å². The predicted molar refractivity (Wildman–Crippen MR) is 109 cm³/mol. The molecule has 0 radical (unpaired) electrons. The summed E-state index contributed by atoms with van der Waals surface area (Å²) in [5, 5.41) is 3.19. The van der Waals surface area contributed by atoms with Gasteiger partial charge in [0, 0.05) is 18.7 Å². The molecule has 0 saturated heterocycles. The van der Waals surface area contributed by atoms with Gasteiger partial charge in [0.15, 0.2) is 0 Å². The van der Waals surface area contributed by atoms with Gasteiger partial charge in [0.2, 0.25) is 0 Å². The number of hydrogen-bond acceptors (Lipinski definition) is 2. The summed E-state index contributed by atoms with van der Waals surface area (Å²) in [5.41, 5.74) is 11.1. The Labute approximate surface area is 151 Å². The molecule has 1 atom stereocenters. The molecule has 0 aliphatic heterocycles. The van der Waals surface area contributed by atoms with Gasteiger partial charge >= 0.3 is 0 Å². The van der Waals surface area contributed by atoms with E-state index in [0.717, 1.165) is 12.1 Å². The zero-order chi connectivity index (χ0) is 18.1. The van der Waals surface area contributed by atoms with E-state index in [2.05, 4.69) is 96.8 Å². The third-order valence-corrected chi connectivity index (χ3v) is 4.36. The Morgan fingerprint density at radius 3 is 1.80 bits per heavy atom. The second-order valence-corrected chi connectivity index (χ2v) is 6.03. The van der Waals surface area contributed by atoms with Gasteiger partial charge in [-0.2, -0.15) is 0 Å². The highest BCUT2D eigenvalue weighted by molar-refractivity contribution is 5.46. The number of rotatable bonds is 5. The Bertz CT molecular complexity index is 731. The molecule has 0 heterocycles. The van der Waals surface area contributed by atoms with E-state index in [-0.39, 0.29) is 0 Å². The van der Waals surface area contributed by atoms with Crippen LogP contribution < -0.4 is 11.1 Å². The summed E-state index contributed by atoms with van der Waals surface area (Å²) in [5.74, 6) is 0.379. The first-order valence-corrected chi connectivity index (χ1v) is 8.72. The first-order chi connectivity index (χ1) is 12.3. The first-order valence-electron chi connectivity index (χ1n) is 8.72. The zero-order valence-electron chi connectivity index (χ0n) is 15.4. The fourth-order valence-electron chi connectivity index (χ4n) is 2.96. The smallest absolute Gasteiger partial charge is 0.0337 e. The van der Waals surface area contributed by atoms with Crippen molar-refractivity contribution < 1.29 is 0 Å². The molecular formula is C23H28N2. The highest BCUT2D eigenvalue weighted by atomic mass is 14.8. The van der Waals surface area contributed by atoms with Crippen molar-refractivity contribution in [3.63, 3.8) is 0 Å². The van der Waals surface area contributed by atoms with E-state index in [1.54, 1.807) is 0 Å². The van der Waals surface area contributed by atoms with Gasteiger partial charge in [0.05, 0.1) is 0 Å². The standard InChI is InChI=1S/C22H23N.CH5N/c1-17-8-10-19(11-9-17)22(16-18-6-4-3-5-7-18)20-12-14-21(23-2)15-13-20;1-2/h3-15,22-23H,16H2,1-2H3;2H2,1H3. The lowest BCUT2D eigenvalue weighted by Gasteiger charge is -2.19. The maximum absolute atomic E-state index is 4.50. The highest BCUT2D eigenvalue weighted by Crippen LogP contribution is 2.29. The molecule has 0 aliphatic rings. The molecule has 130 valence electrons. The summed E-state index contributed by atoms with van der Waals surface area (Å²) >= 11 is 0. The molecule has 0 aromatic heterocycles. The molecule has 1 unspecified atom stereocenters. The molecule has 0 fully saturated rings. The van der Waals surface area contributed by atoms with Crippen molar-refractivity contribution in [1.82, 2.24) is 0 Å². The highest BCUT2D eigenvalue weighted by Gasteiger charge is 2.15. The third kappa shape index (κ3) is 5.20. The summed E-state index contributed by atoms with van der Waals surface area (Å²) in [6.07, 6.45) is 1.02. The summed E-state index contributed by atoms with van der Waals surface area (Å²) in [6, 6.07) is 28.4. The van der Waals surface area contributed by atoms with Crippen LogP contribution in [0, 0.1) is 6.92 Å². The Kier molecular flexibility index (Phi) is 7.24. The van der Waals surface area contributed by atoms with E-state index in [1.165, 1.54) is 29.3 Å². The molecule has 3 rings (SSSR count). The predicted octanol–water partition coefficient (Wildman–Crippen LogP) is 4.99. The van der Waals surface area contributed by atoms with E-state index in [4.69, 9.17) is 0 Å². The minimum Gasteiger partial charge on any atom is -0.388 e. The molecule has 0 bridgehead atoms. The number of anilines is 1. The number of hydrogen-bond donors (Lipinski definition) is 2. The van der Waals surface area contributed by atoms with Crippen LogP contribution in [0.4, 0.5) is 5.69 Å². The number of nitrogens with one attached hydrogen (secondary N) is 1. The molecule has 3 aromatic carbocycles. The number of benzene rings is 3. The van der Waals surface area contributed by atoms with Crippen molar-refractivity contribution in [2.24, 2.45) is 5.73 Å². The largest absolute Gasteiger partial charge is 0.388 e. The van der Waals surface area contributed by atoms with Gasteiger partial charge in [-0.25, -0.2) is 0 Å². The maximum atomic E-state index is 4.50. The lowest BCUT2D eigenvalue weighted by atomic mass is 9.85. The second-order valence-electron chi connectivity index (χ2n) is 6.03. The van der Waals surface area contributed by atoms with Gasteiger partial charge in [-0.05, 0) is 49.2 Å². The van der Waals surface area contributed by atoms with E-state index in [9.17, 15) is 0 Å². The fraction of sp³-hybridized carbons (Fsp3) is 0.217. The zero-order valence-corrected chi connectivity index (χ0v) is 15.4. The van der Waals surface area contributed by atoms with Gasteiger partial charge < -0.3 is 11.1 Å². The quantitative estimate of drug-likeness (QED) is 0.691. The summed E-state index contributed by atoms with van der Waals surface area (Å²) < 4.78 is 0. The lowest BCUT2D eigenvalue weighted by molar-refractivity contribution is 0.805. The molecule has 3 aromatic rings. The Morgan fingerprint density at radius 1 is 0.760 bits per heavy atom. The summed E-state index contributed by atoms with van der Waals surface area (Å²) in [7, 11) is 3.45. The van der Waals surface area contributed by atoms with Crippen molar-refractivity contribution in [3.05, 3.63) is 101 Å².